The lowest BCUT2D eigenvalue weighted by molar-refractivity contribution is 1.16. The van der Waals surface area contributed by atoms with E-state index in [9.17, 15) is 0 Å². The van der Waals surface area contributed by atoms with Gasteiger partial charge in [-0.3, -0.25) is 0 Å². The SMILES string of the molecule is Cc1ccc(-c2cn3cc(C)c(-c4ccccc4)cc3n2)cc1C. The molecule has 0 atom stereocenters. The van der Waals surface area contributed by atoms with Gasteiger partial charge in [-0.05, 0) is 60.7 Å². The van der Waals surface area contributed by atoms with Crippen molar-refractivity contribution in [1.29, 1.82) is 0 Å². The summed E-state index contributed by atoms with van der Waals surface area (Å²) in [4.78, 5) is 4.84. The normalized spacial score (nSPS) is 11.1. The van der Waals surface area contributed by atoms with Crippen LogP contribution in [0.1, 0.15) is 16.7 Å². The molecule has 24 heavy (non-hydrogen) atoms. The molecule has 2 heteroatoms. The molecule has 0 aliphatic carbocycles. The molecule has 4 rings (SSSR count). The van der Waals surface area contributed by atoms with Crippen molar-refractivity contribution in [2.45, 2.75) is 20.8 Å². The Kier molecular flexibility index (Phi) is 3.46. The number of hydrogen-bond acceptors (Lipinski definition) is 1. The lowest BCUT2D eigenvalue weighted by Crippen LogP contribution is -1.89. The minimum Gasteiger partial charge on any atom is -0.306 e. The minimum absolute atomic E-state index is 0.979. The summed E-state index contributed by atoms with van der Waals surface area (Å²) in [5.41, 5.74) is 9.48. The van der Waals surface area contributed by atoms with Gasteiger partial charge in [-0.2, -0.15) is 0 Å². The molecule has 2 heterocycles. The largest absolute Gasteiger partial charge is 0.306 e. The van der Waals surface area contributed by atoms with E-state index < -0.39 is 0 Å². The van der Waals surface area contributed by atoms with Crippen LogP contribution in [-0.2, 0) is 0 Å². The molecule has 0 bridgehead atoms. The van der Waals surface area contributed by atoms with Crippen molar-refractivity contribution in [3.8, 4) is 22.4 Å². The Bertz CT molecular complexity index is 1030. The first-order valence-electron chi connectivity index (χ1n) is 8.24. The van der Waals surface area contributed by atoms with E-state index in [1.807, 2.05) is 6.07 Å². The van der Waals surface area contributed by atoms with Crippen molar-refractivity contribution in [2.24, 2.45) is 0 Å². The summed E-state index contributed by atoms with van der Waals surface area (Å²) in [6.07, 6.45) is 4.27. The highest BCUT2D eigenvalue weighted by molar-refractivity contribution is 5.72. The maximum Gasteiger partial charge on any atom is 0.138 e. The van der Waals surface area contributed by atoms with E-state index >= 15 is 0 Å². The molecule has 0 fully saturated rings. The molecule has 2 aromatic heterocycles. The first-order chi connectivity index (χ1) is 11.6. The lowest BCUT2D eigenvalue weighted by Gasteiger charge is -2.06. The average molecular weight is 312 g/mol. The summed E-state index contributed by atoms with van der Waals surface area (Å²) in [7, 11) is 0. The molecule has 0 saturated carbocycles. The Balaban J connectivity index is 1.85. The molecule has 4 aromatic rings. The summed E-state index contributed by atoms with van der Waals surface area (Å²) < 4.78 is 2.12. The number of nitrogens with zero attached hydrogens (tertiary/aromatic N) is 2. The third kappa shape index (κ3) is 2.50. The first kappa shape index (κ1) is 14.7. The zero-order valence-electron chi connectivity index (χ0n) is 14.2. The molecular weight excluding hydrogens is 292 g/mol. The van der Waals surface area contributed by atoms with Crippen LogP contribution >= 0.6 is 0 Å². The number of rotatable bonds is 2. The molecule has 0 unspecified atom stereocenters. The fourth-order valence-corrected chi connectivity index (χ4v) is 3.11. The number of hydrogen-bond donors (Lipinski definition) is 0. The first-order valence-corrected chi connectivity index (χ1v) is 8.24. The van der Waals surface area contributed by atoms with Crippen LogP contribution in [0.25, 0.3) is 28.0 Å². The van der Waals surface area contributed by atoms with Crippen molar-refractivity contribution in [3.63, 3.8) is 0 Å². The molecule has 0 radical (unpaired) electrons. The quantitative estimate of drug-likeness (QED) is 0.471. The van der Waals surface area contributed by atoms with Crippen LogP contribution < -0.4 is 0 Å². The van der Waals surface area contributed by atoms with Crippen molar-refractivity contribution in [3.05, 3.63) is 83.7 Å². The van der Waals surface area contributed by atoms with Gasteiger partial charge >= 0.3 is 0 Å². The Morgan fingerprint density at radius 3 is 2.25 bits per heavy atom. The Labute approximate surface area is 142 Å². The monoisotopic (exact) mass is 312 g/mol. The van der Waals surface area contributed by atoms with Gasteiger partial charge in [0.05, 0.1) is 5.69 Å². The highest BCUT2D eigenvalue weighted by atomic mass is 15.0. The topological polar surface area (TPSA) is 17.3 Å². The van der Waals surface area contributed by atoms with Gasteiger partial charge in [0.1, 0.15) is 5.65 Å². The average Bonchev–Trinajstić information content (AvgIpc) is 3.00. The van der Waals surface area contributed by atoms with E-state index in [1.54, 1.807) is 0 Å². The summed E-state index contributed by atoms with van der Waals surface area (Å²) >= 11 is 0. The number of fused-ring (bicyclic) bond motifs is 1. The fraction of sp³-hybridized carbons (Fsp3) is 0.136. The number of pyridine rings is 1. The molecule has 118 valence electrons. The molecule has 0 aliphatic rings. The second kappa shape index (κ2) is 5.64. The van der Waals surface area contributed by atoms with Crippen LogP contribution in [0.5, 0.6) is 0 Å². The minimum atomic E-state index is 0.979. The third-order valence-corrected chi connectivity index (χ3v) is 4.68. The van der Waals surface area contributed by atoms with Gasteiger partial charge in [-0.15, -0.1) is 0 Å². The smallest absolute Gasteiger partial charge is 0.138 e. The van der Waals surface area contributed by atoms with Gasteiger partial charge in [0.15, 0.2) is 0 Å². The molecule has 2 nitrogen and oxygen atoms in total. The van der Waals surface area contributed by atoms with Gasteiger partial charge in [-0.1, -0.05) is 42.5 Å². The fourth-order valence-electron chi connectivity index (χ4n) is 3.11. The Hall–Kier alpha value is -2.87. The van der Waals surface area contributed by atoms with Crippen LogP contribution in [0.4, 0.5) is 0 Å². The standard InChI is InChI=1S/C22H20N2/c1-15-9-10-19(11-16(15)2)21-14-24-13-17(3)20(12-22(24)23-21)18-7-5-4-6-8-18/h4-14H,1-3H3. The summed E-state index contributed by atoms with van der Waals surface area (Å²) in [5, 5.41) is 0. The number of benzene rings is 2. The summed E-state index contributed by atoms with van der Waals surface area (Å²) in [5.74, 6) is 0. The van der Waals surface area contributed by atoms with Crippen molar-refractivity contribution < 1.29 is 0 Å². The lowest BCUT2D eigenvalue weighted by atomic mass is 10.0. The molecule has 0 N–H and O–H groups in total. The van der Waals surface area contributed by atoms with Crippen LogP contribution in [0.2, 0.25) is 0 Å². The van der Waals surface area contributed by atoms with Gasteiger partial charge in [0, 0.05) is 18.0 Å². The zero-order chi connectivity index (χ0) is 16.7. The number of imidazole rings is 1. The second-order valence-corrected chi connectivity index (χ2v) is 6.43. The molecule has 0 saturated heterocycles. The summed E-state index contributed by atoms with van der Waals surface area (Å²) in [6.45, 7) is 6.43. The molecular formula is C22H20N2. The van der Waals surface area contributed by atoms with Crippen molar-refractivity contribution in [1.82, 2.24) is 9.38 Å². The van der Waals surface area contributed by atoms with Gasteiger partial charge in [0.25, 0.3) is 0 Å². The van der Waals surface area contributed by atoms with E-state index in [1.165, 1.54) is 33.4 Å². The number of aryl methyl sites for hydroxylation is 3. The number of aromatic nitrogens is 2. The van der Waals surface area contributed by atoms with E-state index in [2.05, 4.69) is 86.1 Å². The third-order valence-electron chi connectivity index (χ3n) is 4.68. The second-order valence-electron chi connectivity index (χ2n) is 6.43. The highest BCUT2D eigenvalue weighted by Gasteiger charge is 2.09. The predicted molar refractivity (Wildman–Crippen MR) is 100 cm³/mol. The Morgan fingerprint density at radius 2 is 1.50 bits per heavy atom. The predicted octanol–water partition coefficient (Wildman–Crippen LogP) is 5.59. The molecule has 0 amide bonds. The van der Waals surface area contributed by atoms with Crippen LogP contribution in [0, 0.1) is 20.8 Å². The van der Waals surface area contributed by atoms with E-state index in [4.69, 9.17) is 4.98 Å². The van der Waals surface area contributed by atoms with E-state index in [-0.39, 0.29) is 0 Å². The van der Waals surface area contributed by atoms with Crippen LogP contribution in [-0.4, -0.2) is 9.38 Å². The van der Waals surface area contributed by atoms with Crippen molar-refractivity contribution in [2.75, 3.05) is 0 Å². The highest BCUT2D eigenvalue weighted by Crippen LogP contribution is 2.27. The van der Waals surface area contributed by atoms with E-state index in [0.29, 0.717) is 0 Å². The van der Waals surface area contributed by atoms with Gasteiger partial charge in [0.2, 0.25) is 0 Å². The molecule has 0 spiro atoms. The van der Waals surface area contributed by atoms with Crippen LogP contribution in [0.3, 0.4) is 0 Å². The van der Waals surface area contributed by atoms with Crippen LogP contribution in [0.15, 0.2) is 67.0 Å². The maximum atomic E-state index is 4.84. The molecule has 2 aromatic carbocycles. The summed E-state index contributed by atoms with van der Waals surface area (Å²) in [6, 6.07) is 19.2. The van der Waals surface area contributed by atoms with Gasteiger partial charge in [-0.25, -0.2) is 4.98 Å². The zero-order valence-corrected chi connectivity index (χ0v) is 14.2. The Morgan fingerprint density at radius 1 is 0.708 bits per heavy atom. The molecule has 0 aliphatic heterocycles. The van der Waals surface area contributed by atoms with E-state index in [0.717, 1.165) is 11.3 Å². The maximum absolute atomic E-state index is 4.84. The van der Waals surface area contributed by atoms with Gasteiger partial charge < -0.3 is 4.40 Å². The van der Waals surface area contributed by atoms with Crippen molar-refractivity contribution >= 4 is 5.65 Å².